The fourth-order valence-corrected chi connectivity index (χ4v) is 4.22. The molecule has 0 fully saturated rings. The predicted octanol–water partition coefficient (Wildman–Crippen LogP) is 4.35. The number of hydrogen-bond donors (Lipinski definition) is 1. The summed E-state index contributed by atoms with van der Waals surface area (Å²) in [5, 5.41) is 3.11. The zero-order valence-corrected chi connectivity index (χ0v) is 17.8. The van der Waals surface area contributed by atoms with E-state index in [1.165, 1.54) is 4.57 Å². The van der Waals surface area contributed by atoms with Crippen molar-refractivity contribution in [2.75, 3.05) is 18.5 Å². The Balaban J connectivity index is 2.21. The lowest BCUT2D eigenvalue weighted by Gasteiger charge is -2.21. The molecule has 0 saturated carbocycles. The molecular formula is C21H23N2O6P. The molecule has 30 heavy (non-hydrogen) atoms. The molecule has 3 rings (SSSR count). The van der Waals surface area contributed by atoms with E-state index in [1.807, 2.05) is 0 Å². The van der Waals surface area contributed by atoms with E-state index in [2.05, 4.69) is 5.32 Å². The number of para-hydroxylation sites is 2. The third-order valence-electron chi connectivity index (χ3n) is 4.29. The molecule has 8 nitrogen and oxygen atoms in total. The van der Waals surface area contributed by atoms with Crippen molar-refractivity contribution in [3.63, 3.8) is 0 Å². The second-order valence-corrected chi connectivity index (χ2v) is 7.87. The van der Waals surface area contributed by atoms with E-state index in [1.54, 1.807) is 75.5 Å². The van der Waals surface area contributed by atoms with Gasteiger partial charge in [-0.05, 0) is 38.1 Å². The zero-order valence-electron chi connectivity index (χ0n) is 17.0. The second kappa shape index (κ2) is 9.26. The van der Waals surface area contributed by atoms with Gasteiger partial charge in [-0.2, -0.15) is 0 Å². The number of rotatable bonds is 8. The minimum Gasteiger partial charge on any atom is -0.402 e. The molecule has 158 valence electrons. The number of phosphoric ester groups is 1. The van der Waals surface area contributed by atoms with Crippen LogP contribution in [0, 0.1) is 0 Å². The average molecular weight is 430 g/mol. The SMILES string of the molecule is CCOP(=O)(OCC)Oc1c(C(=O)Nc2ccccc2)c(=O)n(C)c2ccccc12. The molecule has 1 amide bonds. The molecule has 0 atom stereocenters. The van der Waals surface area contributed by atoms with Crippen LogP contribution in [0.25, 0.3) is 10.9 Å². The van der Waals surface area contributed by atoms with E-state index in [9.17, 15) is 14.2 Å². The summed E-state index contributed by atoms with van der Waals surface area (Å²) < 4.78 is 30.5. The van der Waals surface area contributed by atoms with Crippen molar-refractivity contribution in [3.05, 3.63) is 70.5 Å². The Morgan fingerprint density at radius 1 is 1.00 bits per heavy atom. The number of nitrogens with one attached hydrogen (secondary N) is 1. The molecule has 0 bridgehead atoms. The van der Waals surface area contributed by atoms with Gasteiger partial charge in [0, 0.05) is 18.1 Å². The highest BCUT2D eigenvalue weighted by atomic mass is 31.2. The number of pyridine rings is 1. The number of carbonyl (C=O) groups is 1. The molecule has 0 aliphatic heterocycles. The molecule has 0 spiro atoms. The predicted molar refractivity (Wildman–Crippen MR) is 115 cm³/mol. The van der Waals surface area contributed by atoms with E-state index in [0.717, 1.165) is 0 Å². The van der Waals surface area contributed by atoms with Gasteiger partial charge in [0.15, 0.2) is 5.75 Å². The number of aryl methyl sites for hydroxylation is 1. The van der Waals surface area contributed by atoms with Crippen LogP contribution in [0.2, 0.25) is 0 Å². The zero-order chi connectivity index (χ0) is 21.7. The summed E-state index contributed by atoms with van der Waals surface area (Å²) in [7, 11) is -2.50. The molecule has 1 aromatic heterocycles. The maximum Gasteiger partial charge on any atom is 0.530 e. The van der Waals surface area contributed by atoms with Crippen LogP contribution >= 0.6 is 7.82 Å². The van der Waals surface area contributed by atoms with Crippen LogP contribution in [-0.2, 0) is 20.7 Å². The third-order valence-corrected chi connectivity index (χ3v) is 5.85. The Morgan fingerprint density at radius 2 is 1.60 bits per heavy atom. The van der Waals surface area contributed by atoms with Crippen LogP contribution in [-0.4, -0.2) is 23.7 Å². The maximum absolute atomic E-state index is 13.1. The number of benzene rings is 2. The number of nitrogens with zero attached hydrogens (tertiary/aromatic N) is 1. The van der Waals surface area contributed by atoms with Gasteiger partial charge in [-0.15, -0.1) is 0 Å². The van der Waals surface area contributed by atoms with E-state index in [-0.39, 0.29) is 24.5 Å². The summed E-state index contributed by atoms with van der Waals surface area (Å²) in [6.07, 6.45) is 0. The van der Waals surface area contributed by atoms with Crippen LogP contribution in [0.5, 0.6) is 5.75 Å². The first kappa shape index (κ1) is 21.8. The summed E-state index contributed by atoms with van der Waals surface area (Å²) in [6.45, 7) is 3.40. The van der Waals surface area contributed by atoms with Gasteiger partial charge in [-0.3, -0.25) is 18.6 Å². The van der Waals surface area contributed by atoms with Crippen LogP contribution in [0.4, 0.5) is 5.69 Å². The molecule has 0 unspecified atom stereocenters. The van der Waals surface area contributed by atoms with Crippen LogP contribution in [0.15, 0.2) is 59.4 Å². The normalized spacial score (nSPS) is 11.4. The van der Waals surface area contributed by atoms with E-state index in [0.29, 0.717) is 16.6 Å². The van der Waals surface area contributed by atoms with Gasteiger partial charge in [-0.25, -0.2) is 4.57 Å². The first-order valence-corrected chi connectivity index (χ1v) is 10.9. The van der Waals surface area contributed by atoms with Gasteiger partial charge < -0.3 is 14.4 Å². The largest absolute Gasteiger partial charge is 0.530 e. The van der Waals surface area contributed by atoms with Crippen LogP contribution < -0.4 is 15.4 Å². The molecular weight excluding hydrogens is 407 g/mol. The molecule has 0 aliphatic rings. The first-order chi connectivity index (χ1) is 14.4. The van der Waals surface area contributed by atoms with Crippen molar-refractivity contribution in [2.45, 2.75) is 13.8 Å². The highest BCUT2D eigenvalue weighted by Gasteiger charge is 2.33. The summed E-state index contributed by atoms with van der Waals surface area (Å²) in [4.78, 5) is 26.2. The maximum atomic E-state index is 13.1. The number of fused-ring (bicyclic) bond motifs is 1. The molecule has 1 heterocycles. The molecule has 2 aromatic carbocycles. The van der Waals surface area contributed by atoms with Gasteiger partial charge in [0.2, 0.25) is 0 Å². The Hall–Kier alpha value is -2.93. The Labute approximate surface area is 174 Å². The lowest BCUT2D eigenvalue weighted by Crippen LogP contribution is -2.29. The fraction of sp³-hybridized carbons (Fsp3) is 0.238. The number of phosphoric acid groups is 1. The van der Waals surface area contributed by atoms with Crippen LogP contribution in [0.1, 0.15) is 24.2 Å². The first-order valence-electron chi connectivity index (χ1n) is 9.47. The summed E-state index contributed by atoms with van der Waals surface area (Å²) >= 11 is 0. The fourth-order valence-electron chi connectivity index (χ4n) is 3.00. The number of hydrogen-bond acceptors (Lipinski definition) is 6. The minimum absolute atomic E-state index is 0.0611. The molecule has 9 heteroatoms. The highest BCUT2D eigenvalue weighted by Crippen LogP contribution is 2.51. The topological polar surface area (TPSA) is 95.9 Å². The highest BCUT2D eigenvalue weighted by molar-refractivity contribution is 7.49. The van der Waals surface area contributed by atoms with Crippen molar-refractivity contribution in [1.82, 2.24) is 4.57 Å². The van der Waals surface area contributed by atoms with Gasteiger partial charge in [-0.1, -0.05) is 30.3 Å². The standard InChI is InChI=1S/C21H23N2O6P/c1-4-27-30(26,28-5-2)29-19-16-13-9-10-14-17(16)23(3)21(25)18(19)20(24)22-15-11-7-6-8-12-15/h6-14H,4-5H2,1-3H3,(H,22,24). The summed E-state index contributed by atoms with van der Waals surface area (Å²) in [5.41, 5.74) is 0.117. The van der Waals surface area contributed by atoms with E-state index >= 15 is 0 Å². The smallest absolute Gasteiger partial charge is 0.402 e. The monoisotopic (exact) mass is 430 g/mol. The molecule has 3 aromatic rings. The molecule has 0 aliphatic carbocycles. The summed E-state index contributed by atoms with van der Waals surface area (Å²) in [6, 6.07) is 15.5. The van der Waals surface area contributed by atoms with Gasteiger partial charge in [0.1, 0.15) is 5.56 Å². The van der Waals surface area contributed by atoms with E-state index < -0.39 is 19.3 Å². The Bertz CT molecular complexity index is 1150. The van der Waals surface area contributed by atoms with Crippen molar-refractivity contribution in [2.24, 2.45) is 7.05 Å². The Morgan fingerprint density at radius 3 is 2.23 bits per heavy atom. The second-order valence-electron chi connectivity index (χ2n) is 6.28. The number of anilines is 1. The lowest BCUT2D eigenvalue weighted by molar-refractivity contribution is 0.102. The number of amides is 1. The number of carbonyl (C=O) groups excluding carboxylic acids is 1. The van der Waals surface area contributed by atoms with Crippen molar-refractivity contribution < 1.29 is 22.9 Å². The van der Waals surface area contributed by atoms with Gasteiger partial charge in [0.05, 0.1) is 18.7 Å². The lowest BCUT2D eigenvalue weighted by atomic mass is 10.1. The Kier molecular flexibility index (Phi) is 6.72. The molecule has 0 radical (unpaired) electrons. The quantitative estimate of drug-likeness (QED) is 0.534. The van der Waals surface area contributed by atoms with Crippen LogP contribution in [0.3, 0.4) is 0 Å². The van der Waals surface area contributed by atoms with Crippen molar-refractivity contribution in [3.8, 4) is 5.75 Å². The number of aromatic nitrogens is 1. The van der Waals surface area contributed by atoms with E-state index in [4.69, 9.17) is 13.6 Å². The van der Waals surface area contributed by atoms with Gasteiger partial charge in [0.25, 0.3) is 11.5 Å². The summed E-state index contributed by atoms with van der Waals surface area (Å²) in [5.74, 6) is -0.838. The van der Waals surface area contributed by atoms with Crippen molar-refractivity contribution >= 4 is 30.3 Å². The molecule has 1 N–H and O–H groups in total. The minimum atomic E-state index is -4.06. The van der Waals surface area contributed by atoms with Gasteiger partial charge >= 0.3 is 7.82 Å². The van der Waals surface area contributed by atoms with Crippen molar-refractivity contribution in [1.29, 1.82) is 0 Å². The average Bonchev–Trinajstić information content (AvgIpc) is 2.73. The molecule has 0 saturated heterocycles. The third kappa shape index (κ3) is 4.46.